The van der Waals surface area contributed by atoms with Gasteiger partial charge in [-0.1, -0.05) is 42.1 Å². The third-order valence-corrected chi connectivity index (χ3v) is 5.19. The van der Waals surface area contributed by atoms with E-state index < -0.39 is 24.4 Å². The maximum Gasteiger partial charge on any atom is 0.338 e. The highest BCUT2D eigenvalue weighted by molar-refractivity contribution is 7.99. The summed E-state index contributed by atoms with van der Waals surface area (Å²) in [6, 6.07) is 24.9. The number of carbonyl (C=O) groups is 3. The minimum absolute atomic E-state index is 0.233. The molecule has 0 bridgehead atoms. The zero-order valence-electron chi connectivity index (χ0n) is 16.9. The Hall–Kier alpha value is -4.09. The van der Waals surface area contributed by atoms with Crippen molar-refractivity contribution in [1.82, 2.24) is 0 Å². The van der Waals surface area contributed by atoms with Gasteiger partial charge in [0.05, 0.1) is 17.3 Å². The van der Waals surface area contributed by atoms with E-state index in [1.807, 2.05) is 48.5 Å². The molecule has 32 heavy (non-hydrogen) atoms. The highest BCUT2D eigenvalue weighted by Gasteiger charge is 2.13. The summed E-state index contributed by atoms with van der Waals surface area (Å²) in [5, 5.41) is 13.8. The molecule has 0 aliphatic carbocycles. The summed E-state index contributed by atoms with van der Waals surface area (Å²) >= 11 is 1.52. The molecule has 8 heteroatoms. The fraction of sp³-hybridized carbons (Fsp3) is 0.0833. The van der Waals surface area contributed by atoms with Crippen molar-refractivity contribution < 1.29 is 19.1 Å². The minimum atomic E-state index is -0.665. The summed E-state index contributed by atoms with van der Waals surface area (Å²) in [5.74, 6) is -1.56. The maximum absolute atomic E-state index is 12.3. The summed E-state index contributed by atoms with van der Waals surface area (Å²) in [7, 11) is 0. The molecular formula is C24H19N3O4S. The predicted octanol–water partition coefficient (Wildman–Crippen LogP) is 4.49. The highest BCUT2D eigenvalue weighted by Crippen LogP contribution is 2.33. The molecule has 0 aliphatic rings. The molecule has 0 spiro atoms. The van der Waals surface area contributed by atoms with E-state index in [1.54, 1.807) is 12.1 Å². The lowest BCUT2D eigenvalue weighted by atomic mass is 10.2. The molecule has 3 aromatic rings. The zero-order chi connectivity index (χ0) is 22.8. The molecule has 0 saturated heterocycles. The van der Waals surface area contributed by atoms with Gasteiger partial charge in [-0.15, -0.1) is 0 Å². The van der Waals surface area contributed by atoms with Crippen LogP contribution in [0.1, 0.15) is 16.8 Å². The molecule has 3 rings (SSSR count). The van der Waals surface area contributed by atoms with Gasteiger partial charge in [0.2, 0.25) is 5.91 Å². The number of nitrogens with one attached hydrogen (secondary N) is 2. The van der Waals surface area contributed by atoms with Gasteiger partial charge in [-0.25, -0.2) is 4.79 Å². The number of hydrogen-bond donors (Lipinski definition) is 2. The van der Waals surface area contributed by atoms with E-state index in [1.165, 1.54) is 36.0 Å². The number of nitriles is 1. The average molecular weight is 446 g/mol. The number of rotatable bonds is 8. The second-order valence-electron chi connectivity index (χ2n) is 6.50. The summed E-state index contributed by atoms with van der Waals surface area (Å²) in [6.45, 7) is -0.441. The Labute approximate surface area is 189 Å². The number of ether oxygens (including phenoxy) is 1. The van der Waals surface area contributed by atoms with Crippen molar-refractivity contribution >= 4 is 40.9 Å². The van der Waals surface area contributed by atoms with Gasteiger partial charge in [0.25, 0.3) is 5.91 Å². The quantitative estimate of drug-likeness (QED) is 0.495. The van der Waals surface area contributed by atoms with Gasteiger partial charge in [-0.3, -0.25) is 9.59 Å². The van der Waals surface area contributed by atoms with Crippen molar-refractivity contribution in [2.24, 2.45) is 0 Å². The van der Waals surface area contributed by atoms with Gasteiger partial charge in [-0.2, -0.15) is 5.26 Å². The first-order valence-electron chi connectivity index (χ1n) is 9.61. The van der Waals surface area contributed by atoms with Crippen molar-refractivity contribution in [3.8, 4) is 6.07 Å². The molecule has 0 aromatic heterocycles. The number of para-hydroxylation sites is 1. The Balaban J connectivity index is 1.53. The second-order valence-corrected chi connectivity index (χ2v) is 7.61. The SMILES string of the molecule is N#CCC(=O)Nc1ccc(C(=O)OCC(=O)Nc2ccccc2Sc2ccccc2)cc1. The molecule has 0 unspecified atom stereocenters. The molecule has 7 nitrogen and oxygen atoms in total. The molecule has 0 radical (unpaired) electrons. The van der Waals surface area contributed by atoms with E-state index in [0.29, 0.717) is 11.4 Å². The zero-order valence-corrected chi connectivity index (χ0v) is 17.7. The Morgan fingerprint density at radius 1 is 0.844 bits per heavy atom. The van der Waals surface area contributed by atoms with E-state index in [9.17, 15) is 14.4 Å². The fourth-order valence-corrected chi connectivity index (χ4v) is 3.56. The Kier molecular flexibility index (Phi) is 8.01. The van der Waals surface area contributed by atoms with Crippen LogP contribution in [0.25, 0.3) is 0 Å². The van der Waals surface area contributed by atoms with Crippen LogP contribution in [0, 0.1) is 11.3 Å². The smallest absolute Gasteiger partial charge is 0.338 e. The van der Waals surface area contributed by atoms with Crippen LogP contribution in [0.15, 0.2) is 88.7 Å². The van der Waals surface area contributed by atoms with E-state index in [4.69, 9.17) is 10.00 Å². The van der Waals surface area contributed by atoms with Crippen LogP contribution in [-0.2, 0) is 14.3 Å². The first kappa shape index (κ1) is 22.6. The lowest BCUT2D eigenvalue weighted by Gasteiger charge is -2.11. The largest absolute Gasteiger partial charge is 0.452 e. The van der Waals surface area contributed by atoms with E-state index in [0.717, 1.165) is 9.79 Å². The van der Waals surface area contributed by atoms with Gasteiger partial charge < -0.3 is 15.4 Å². The van der Waals surface area contributed by atoms with Crippen molar-refractivity contribution in [2.75, 3.05) is 17.2 Å². The number of nitrogens with zero attached hydrogens (tertiary/aromatic N) is 1. The predicted molar refractivity (Wildman–Crippen MR) is 121 cm³/mol. The number of esters is 1. The topological polar surface area (TPSA) is 108 Å². The number of anilines is 2. The first-order chi connectivity index (χ1) is 15.5. The number of benzene rings is 3. The maximum atomic E-state index is 12.3. The molecule has 0 saturated carbocycles. The van der Waals surface area contributed by atoms with E-state index in [-0.39, 0.29) is 12.0 Å². The number of hydrogen-bond acceptors (Lipinski definition) is 6. The summed E-state index contributed by atoms with van der Waals surface area (Å²) < 4.78 is 5.09. The van der Waals surface area contributed by atoms with Crippen molar-refractivity contribution in [1.29, 1.82) is 5.26 Å². The standard InChI is InChI=1S/C24H19N3O4S/c25-15-14-22(28)26-18-12-10-17(11-13-18)24(30)31-16-23(29)27-20-8-4-5-9-21(20)32-19-6-2-1-3-7-19/h1-13H,14,16H2,(H,26,28)(H,27,29). The van der Waals surface area contributed by atoms with E-state index in [2.05, 4.69) is 10.6 Å². The molecule has 0 aliphatic heterocycles. The van der Waals surface area contributed by atoms with Gasteiger partial charge in [0.15, 0.2) is 6.61 Å². The molecule has 0 heterocycles. The van der Waals surface area contributed by atoms with Crippen LogP contribution >= 0.6 is 11.8 Å². The Morgan fingerprint density at radius 3 is 2.25 bits per heavy atom. The summed E-state index contributed by atoms with van der Waals surface area (Å²) in [6.07, 6.45) is -0.258. The Morgan fingerprint density at radius 2 is 1.53 bits per heavy atom. The molecule has 0 fully saturated rings. The second kappa shape index (κ2) is 11.3. The van der Waals surface area contributed by atoms with Crippen molar-refractivity contribution in [3.05, 3.63) is 84.4 Å². The van der Waals surface area contributed by atoms with Gasteiger partial charge in [0, 0.05) is 15.5 Å². The van der Waals surface area contributed by atoms with E-state index >= 15 is 0 Å². The van der Waals surface area contributed by atoms with Crippen LogP contribution in [0.3, 0.4) is 0 Å². The lowest BCUT2D eigenvalue weighted by Crippen LogP contribution is -2.21. The van der Waals surface area contributed by atoms with Crippen LogP contribution < -0.4 is 10.6 Å². The number of amides is 2. The highest BCUT2D eigenvalue weighted by atomic mass is 32.2. The molecule has 2 amide bonds. The lowest BCUT2D eigenvalue weighted by molar-refractivity contribution is -0.119. The molecule has 160 valence electrons. The fourth-order valence-electron chi connectivity index (χ4n) is 2.64. The van der Waals surface area contributed by atoms with Crippen molar-refractivity contribution in [2.45, 2.75) is 16.2 Å². The normalized spacial score (nSPS) is 9.97. The van der Waals surface area contributed by atoms with Gasteiger partial charge >= 0.3 is 5.97 Å². The Bertz CT molecular complexity index is 1140. The third kappa shape index (κ3) is 6.72. The molecule has 0 atom stereocenters. The molecule has 2 N–H and O–H groups in total. The van der Waals surface area contributed by atoms with Crippen molar-refractivity contribution in [3.63, 3.8) is 0 Å². The monoisotopic (exact) mass is 445 g/mol. The third-order valence-electron chi connectivity index (χ3n) is 4.11. The van der Waals surface area contributed by atoms with Crippen LogP contribution in [0.2, 0.25) is 0 Å². The molecular weight excluding hydrogens is 426 g/mol. The minimum Gasteiger partial charge on any atom is -0.452 e. The average Bonchev–Trinajstić information content (AvgIpc) is 2.80. The molecule has 3 aromatic carbocycles. The van der Waals surface area contributed by atoms with Crippen LogP contribution in [-0.4, -0.2) is 24.4 Å². The van der Waals surface area contributed by atoms with Gasteiger partial charge in [-0.05, 0) is 48.5 Å². The summed E-state index contributed by atoms with van der Waals surface area (Å²) in [4.78, 5) is 37.8. The van der Waals surface area contributed by atoms with Gasteiger partial charge in [0.1, 0.15) is 6.42 Å². The summed E-state index contributed by atoms with van der Waals surface area (Å²) in [5.41, 5.74) is 1.31. The first-order valence-corrected chi connectivity index (χ1v) is 10.4. The van der Waals surface area contributed by atoms with Crippen LogP contribution in [0.5, 0.6) is 0 Å². The van der Waals surface area contributed by atoms with Crippen LogP contribution in [0.4, 0.5) is 11.4 Å². The number of carbonyl (C=O) groups excluding carboxylic acids is 3.